The van der Waals surface area contributed by atoms with Gasteiger partial charge in [0.15, 0.2) is 0 Å². The SMILES string of the molecule is C[C@@H](NCCCCCCCN)[C@H]1CC[C@H]2[C@@H]3CCC4=C[C@@H](NCCCCCCCN)CC[C@]4(C)[C@H]3CC[C@]12C. The summed E-state index contributed by atoms with van der Waals surface area (Å²) in [5.74, 6) is 3.70. The first-order valence-electron chi connectivity index (χ1n) is 17.5. The first kappa shape index (κ1) is 31.5. The van der Waals surface area contributed by atoms with Crippen molar-refractivity contribution in [2.45, 2.75) is 148 Å². The third-order valence-electron chi connectivity index (χ3n) is 12.4. The second kappa shape index (κ2) is 15.2. The van der Waals surface area contributed by atoms with Crippen molar-refractivity contribution in [1.29, 1.82) is 0 Å². The Bertz CT molecular complexity index is 751. The van der Waals surface area contributed by atoms with E-state index in [0.29, 0.717) is 22.9 Å². The van der Waals surface area contributed by atoms with E-state index in [0.717, 1.165) is 36.8 Å². The summed E-state index contributed by atoms with van der Waals surface area (Å²) in [4.78, 5) is 0. The van der Waals surface area contributed by atoms with E-state index in [1.807, 2.05) is 5.57 Å². The molecule has 0 aromatic carbocycles. The fourth-order valence-electron chi connectivity index (χ4n) is 10.1. The van der Waals surface area contributed by atoms with Gasteiger partial charge >= 0.3 is 0 Å². The maximum absolute atomic E-state index is 5.65. The molecule has 0 unspecified atom stereocenters. The number of unbranched alkanes of at least 4 members (excludes halogenated alkanes) is 8. The summed E-state index contributed by atoms with van der Waals surface area (Å²) in [6.45, 7) is 12.0. The van der Waals surface area contributed by atoms with Gasteiger partial charge in [-0.2, -0.15) is 0 Å². The molecule has 0 amide bonds. The Hall–Kier alpha value is -0.420. The van der Waals surface area contributed by atoms with Gasteiger partial charge in [0.25, 0.3) is 0 Å². The third kappa shape index (κ3) is 7.51. The van der Waals surface area contributed by atoms with Gasteiger partial charge in [0.1, 0.15) is 0 Å². The lowest BCUT2D eigenvalue weighted by atomic mass is 9.46. The van der Waals surface area contributed by atoms with Gasteiger partial charge in [0, 0.05) is 12.1 Å². The first-order chi connectivity index (χ1) is 18.9. The zero-order chi connectivity index (χ0) is 27.7. The highest BCUT2D eigenvalue weighted by molar-refractivity contribution is 5.26. The predicted octanol–water partition coefficient (Wildman–Crippen LogP) is 7.32. The molecule has 8 atom stereocenters. The molecule has 4 aliphatic rings. The van der Waals surface area contributed by atoms with E-state index in [1.165, 1.54) is 129 Å². The van der Waals surface area contributed by atoms with E-state index in [1.54, 1.807) is 0 Å². The van der Waals surface area contributed by atoms with Crippen molar-refractivity contribution >= 4 is 0 Å². The van der Waals surface area contributed by atoms with Gasteiger partial charge in [0.05, 0.1) is 0 Å². The molecule has 0 heterocycles. The van der Waals surface area contributed by atoms with Crippen molar-refractivity contribution in [2.24, 2.45) is 46.0 Å². The summed E-state index contributed by atoms with van der Waals surface area (Å²) in [6.07, 6.45) is 27.2. The standard InChI is InChI=1S/C35H66N4/c1-27(38-24-12-8-4-6-10-22-36)31-16-17-32-30-15-14-28-26-29(39-25-13-9-5-7-11-23-37)18-20-34(28,2)33(30)19-21-35(31,32)3/h26-27,29-33,38-39H,4-25,36-37H2,1-3H3/t27-,29+,30+,31-,32+,33+,34+,35-/m1/s1. The zero-order valence-electron chi connectivity index (χ0n) is 26.3. The molecule has 4 heteroatoms. The molecule has 0 radical (unpaired) electrons. The Morgan fingerprint density at radius 1 is 0.769 bits per heavy atom. The average molecular weight is 543 g/mol. The van der Waals surface area contributed by atoms with Crippen LogP contribution in [0.2, 0.25) is 0 Å². The molecule has 0 spiro atoms. The molecule has 39 heavy (non-hydrogen) atoms. The van der Waals surface area contributed by atoms with Crippen molar-refractivity contribution in [2.75, 3.05) is 26.2 Å². The van der Waals surface area contributed by atoms with E-state index in [9.17, 15) is 0 Å². The second-order valence-electron chi connectivity index (χ2n) is 14.7. The predicted molar refractivity (Wildman–Crippen MR) is 169 cm³/mol. The summed E-state index contributed by atoms with van der Waals surface area (Å²) >= 11 is 0. The third-order valence-corrected chi connectivity index (χ3v) is 12.4. The number of nitrogens with one attached hydrogen (secondary N) is 2. The van der Waals surface area contributed by atoms with E-state index in [4.69, 9.17) is 11.5 Å². The van der Waals surface area contributed by atoms with Gasteiger partial charge in [-0.1, -0.05) is 64.0 Å². The molecule has 4 nitrogen and oxygen atoms in total. The average Bonchev–Trinajstić information content (AvgIpc) is 3.29. The van der Waals surface area contributed by atoms with E-state index < -0.39 is 0 Å². The first-order valence-corrected chi connectivity index (χ1v) is 17.5. The maximum Gasteiger partial charge on any atom is 0.0253 e. The molecule has 0 saturated heterocycles. The fourth-order valence-corrected chi connectivity index (χ4v) is 10.1. The number of hydrogen-bond donors (Lipinski definition) is 4. The summed E-state index contributed by atoms with van der Waals surface area (Å²) in [7, 11) is 0. The summed E-state index contributed by atoms with van der Waals surface area (Å²) in [5.41, 5.74) is 14.1. The Labute approximate surface area is 242 Å². The van der Waals surface area contributed by atoms with Crippen LogP contribution in [0.15, 0.2) is 11.6 Å². The maximum atomic E-state index is 5.65. The van der Waals surface area contributed by atoms with Gasteiger partial charge in [0.2, 0.25) is 0 Å². The minimum atomic E-state index is 0.469. The van der Waals surface area contributed by atoms with Crippen LogP contribution in [0, 0.1) is 34.5 Å². The van der Waals surface area contributed by atoms with Crippen LogP contribution in [-0.2, 0) is 0 Å². The minimum absolute atomic E-state index is 0.469. The van der Waals surface area contributed by atoms with Crippen molar-refractivity contribution < 1.29 is 0 Å². The molecule has 226 valence electrons. The highest BCUT2D eigenvalue weighted by atomic mass is 14.9. The van der Waals surface area contributed by atoms with Gasteiger partial charge in [-0.15, -0.1) is 0 Å². The molecule has 0 aromatic rings. The molecule has 0 aromatic heterocycles. The topological polar surface area (TPSA) is 76.1 Å². The summed E-state index contributed by atoms with van der Waals surface area (Å²) in [5, 5.41) is 7.91. The zero-order valence-corrected chi connectivity index (χ0v) is 26.3. The van der Waals surface area contributed by atoms with Gasteiger partial charge < -0.3 is 22.1 Å². The van der Waals surface area contributed by atoms with Crippen LogP contribution in [0.5, 0.6) is 0 Å². The Morgan fingerprint density at radius 3 is 2.15 bits per heavy atom. The highest BCUT2D eigenvalue weighted by Gasteiger charge is 2.59. The molecular weight excluding hydrogens is 476 g/mol. The molecule has 0 aliphatic heterocycles. The quantitative estimate of drug-likeness (QED) is 0.115. The van der Waals surface area contributed by atoms with E-state index in [2.05, 4.69) is 37.5 Å². The van der Waals surface area contributed by atoms with Gasteiger partial charge in [-0.05, 0) is 145 Å². The monoisotopic (exact) mass is 543 g/mol. The molecule has 3 fully saturated rings. The Kier molecular flexibility index (Phi) is 12.3. The molecular formula is C35H66N4. The van der Waals surface area contributed by atoms with E-state index >= 15 is 0 Å². The summed E-state index contributed by atoms with van der Waals surface area (Å²) in [6, 6.07) is 1.28. The van der Waals surface area contributed by atoms with Crippen LogP contribution in [-0.4, -0.2) is 38.3 Å². The smallest absolute Gasteiger partial charge is 0.0253 e. The molecule has 6 N–H and O–H groups in total. The van der Waals surface area contributed by atoms with Crippen molar-refractivity contribution in [1.82, 2.24) is 10.6 Å². The van der Waals surface area contributed by atoms with Crippen molar-refractivity contribution in [3.05, 3.63) is 11.6 Å². The highest BCUT2D eigenvalue weighted by Crippen LogP contribution is 2.67. The van der Waals surface area contributed by atoms with Crippen LogP contribution >= 0.6 is 0 Å². The normalized spacial score (nSPS) is 36.6. The van der Waals surface area contributed by atoms with Crippen LogP contribution in [0.1, 0.15) is 136 Å². The van der Waals surface area contributed by atoms with Crippen LogP contribution in [0.3, 0.4) is 0 Å². The number of nitrogens with two attached hydrogens (primary N) is 2. The van der Waals surface area contributed by atoms with Crippen molar-refractivity contribution in [3.8, 4) is 0 Å². The Morgan fingerprint density at radius 2 is 1.44 bits per heavy atom. The minimum Gasteiger partial charge on any atom is -0.330 e. The molecule has 0 bridgehead atoms. The van der Waals surface area contributed by atoms with Crippen LogP contribution in [0.25, 0.3) is 0 Å². The second-order valence-corrected chi connectivity index (χ2v) is 14.7. The lowest BCUT2D eigenvalue weighted by molar-refractivity contribution is -0.0560. The fraction of sp³-hybridized carbons (Fsp3) is 0.943. The van der Waals surface area contributed by atoms with Crippen molar-refractivity contribution in [3.63, 3.8) is 0 Å². The van der Waals surface area contributed by atoms with E-state index in [-0.39, 0.29) is 0 Å². The Balaban J connectivity index is 1.26. The number of hydrogen-bond acceptors (Lipinski definition) is 4. The van der Waals surface area contributed by atoms with Gasteiger partial charge in [-0.25, -0.2) is 0 Å². The van der Waals surface area contributed by atoms with Crippen LogP contribution in [0.4, 0.5) is 0 Å². The van der Waals surface area contributed by atoms with Gasteiger partial charge in [-0.3, -0.25) is 0 Å². The molecule has 4 aliphatic carbocycles. The molecule has 4 rings (SSSR count). The largest absolute Gasteiger partial charge is 0.330 e. The lowest BCUT2D eigenvalue weighted by Crippen LogP contribution is -2.53. The summed E-state index contributed by atoms with van der Waals surface area (Å²) < 4.78 is 0. The lowest BCUT2D eigenvalue weighted by Gasteiger charge is -2.59. The number of rotatable bonds is 17. The number of fused-ring (bicyclic) bond motifs is 5. The number of allylic oxidation sites excluding steroid dienone is 1. The molecule has 3 saturated carbocycles. The van der Waals surface area contributed by atoms with Crippen LogP contribution < -0.4 is 22.1 Å².